The van der Waals surface area contributed by atoms with Crippen molar-refractivity contribution in [2.45, 2.75) is 38.5 Å². The number of aryl methyl sites for hydroxylation is 1. The average molecular weight is 272 g/mol. The number of hydrogen-bond acceptors (Lipinski definition) is 5. The maximum Gasteiger partial charge on any atom is 0.234 e. The number of aromatic nitrogens is 3. The first-order valence-electron chi connectivity index (χ1n) is 7.22. The lowest BCUT2D eigenvalue weighted by atomic mass is 9.82. The SMILES string of the molecule is CCCC1(c2nc(-c3cccc(C)n3)no2)CCNC1. The predicted octanol–water partition coefficient (Wildman–Crippen LogP) is 2.47. The molecule has 20 heavy (non-hydrogen) atoms. The third kappa shape index (κ3) is 2.33. The normalized spacial score (nSPS) is 22.3. The molecule has 1 saturated heterocycles. The van der Waals surface area contributed by atoms with E-state index >= 15 is 0 Å². The molecule has 0 amide bonds. The van der Waals surface area contributed by atoms with Gasteiger partial charge in [-0.05, 0) is 38.4 Å². The molecule has 0 spiro atoms. The minimum atomic E-state index is 0.00379. The Morgan fingerprint density at radius 2 is 2.25 bits per heavy atom. The zero-order chi connectivity index (χ0) is 14.0. The Morgan fingerprint density at radius 3 is 2.95 bits per heavy atom. The van der Waals surface area contributed by atoms with Gasteiger partial charge in [-0.3, -0.25) is 0 Å². The summed E-state index contributed by atoms with van der Waals surface area (Å²) in [5, 5.41) is 7.53. The second kappa shape index (κ2) is 5.32. The van der Waals surface area contributed by atoms with Gasteiger partial charge in [-0.1, -0.05) is 24.6 Å². The molecule has 2 aromatic rings. The fourth-order valence-electron chi connectivity index (χ4n) is 2.94. The molecule has 1 fully saturated rings. The lowest BCUT2D eigenvalue weighted by Gasteiger charge is -2.22. The van der Waals surface area contributed by atoms with Crippen molar-refractivity contribution in [1.29, 1.82) is 0 Å². The Morgan fingerprint density at radius 1 is 1.35 bits per heavy atom. The van der Waals surface area contributed by atoms with Gasteiger partial charge in [0.15, 0.2) is 0 Å². The van der Waals surface area contributed by atoms with Crippen LogP contribution in [-0.2, 0) is 5.41 Å². The molecule has 1 unspecified atom stereocenters. The van der Waals surface area contributed by atoms with Crippen LogP contribution in [0.2, 0.25) is 0 Å². The van der Waals surface area contributed by atoms with E-state index in [2.05, 4.69) is 27.4 Å². The van der Waals surface area contributed by atoms with Gasteiger partial charge >= 0.3 is 0 Å². The lowest BCUT2D eigenvalue weighted by molar-refractivity contribution is 0.277. The van der Waals surface area contributed by atoms with Crippen LogP contribution in [0, 0.1) is 6.92 Å². The summed E-state index contributed by atoms with van der Waals surface area (Å²) in [6.07, 6.45) is 3.24. The van der Waals surface area contributed by atoms with E-state index in [9.17, 15) is 0 Å². The van der Waals surface area contributed by atoms with Gasteiger partial charge in [0.2, 0.25) is 11.7 Å². The van der Waals surface area contributed by atoms with E-state index in [0.29, 0.717) is 5.82 Å². The van der Waals surface area contributed by atoms with Crippen LogP contribution in [-0.4, -0.2) is 28.2 Å². The summed E-state index contributed by atoms with van der Waals surface area (Å²) in [6.45, 7) is 6.09. The van der Waals surface area contributed by atoms with E-state index in [1.54, 1.807) is 0 Å². The number of pyridine rings is 1. The summed E-state index contributed by atoms with van der Waals surface area (Å²) < 4.78 is 5.56. The van der Waals surface area contributed by atoms with E-state index in [1.807, 2.05) is 25.1 Å². The van der Waals surface area contributed by atoms with E-state index < -0.39 is 0 Å². The summed E-state index contributed by atoms with van der Waals surface area (Å²) in [7, 11) is 0. The number of nitrogens with one attached hydrogen (secondary N) is 1. The van der Waals surface area contributed by atoms with Crippen LogP contribution >= 0.6 is 0 Å². The number of hydrogen-bond donors (Lipinski definition) is 1. The molecule has 5 heteroatoms. The van der Waals surface area contributed by atoms with Crippen molar-refractivity contribution in [3.63, 3.8) is 0 Å². The second-order valence-electron chi connectivity index (χ2n) is 5.54. The van der Waals surface area contributed by atoms with Crippen molar-refractivity contribution in [2.75, 3.05) is 13.1 Å². The van der Waals surface area contributed by atoms with Crippen molar-refractivity contribution in [3.8, 4) is 11.5 Å². The molecule has 5 nitrogen and oxygen atoms in total. The van der Waals surface area contributed by atoms with Crippen molar-refractivity contribution in [3.05, 3.63) is 29.8 Å². The van der Waals surface area contributed by atoms with Gasteiger partial charge in [0.25, 0.3) is 0 Å². The lowest BCUT2D eigenvalue weighted by Crippen LogP contribution is -2.29. The Balaban J connectivity index is 1.93. The highest BCUT2D eigenvalue weighted by molar-refractivity contribution is 5.48. The molecule has 1 aliphatic heterocycles. The number of nitrogens with zero attached hydrogens (tertiary/aromatic N) is 3. The predicted molar refractivity (Wildman–Crippen MR) is 76.3 cm³/mol. The largest absolute Gasteiger partial charge is 0.338 e. The van der Waals surface area contributed by atoms with Gasteiger partial charge in [0.05, 0.1) is 5.41 Å². The fraction of sp³-hybridized carbons (Fsp3) is 0.533. The van der Waals surface area contributed by atoms with Crippen LogP contribution in [0.4, 0.5) is 0 Å². The van der Waals surface area contributed by atoms with Crippen LogP contribution in [0.5, 0.6) is 0 Å². The van der Waals surface area contributed by atoms with Gasteiger partial charge in [-0.25, -0.2) is 4.98 Å². The molecular formula is C15H20N4O. The summed E-state index contributed by atoms with van der Waals surface area (Å²) >= 11 is 0. The van der Waals surface area contributed by atoms with Gasteiger partial charge in [-0.15, -0.1) is 0 Å². The monoisotopic (exact) mass is 272 g/mol. The maximum absolute atomic E-state index is 5.56. The summed E-state index contributed by atoms with van der Waals surface area (Å²) in [5.74, 6) is 1.34. The molecule has 0 bridgehead atoms. The van der Waals surface area contributed by atoms with E-state index in [-0.39, 0.29) is 5.41 Å². The van der Waals surface area contributed by atoms with Gasteiger partial charge in [-0.2, -0.15) is 4.98 Å². The summed E-state index contributed by atoms with van der Waals surface area (Å²) in [6, 6.07) is 5.84. The quantitative estimate of drug-likeness (QED) is 0.926. The van der Waals surface area contributed by atoms with E-state index in [1.165, 1.54) is 0 Å². The van der Waals surface area contributed by atoms with Gasteiger partial charge in [0.1, 0.15) is 5.69 Å². The molecule has 0 saturated carbocycles. The van der Waals surface area contributed by atoms with Gasteiger partial charge < -0.3 is 9.84 Å². The molecule has 3 heterocycles. The first-order valence-corrected chi connectivity index (χ1v) is 7.22. The van der Waals surface area contributed by atoms with Crippen molar-refractivity contribution in [1.82, 2.24) is 20.4 Å². The van der Waals surface area contributed by atoms with E-state index in [0.717, 1.165) is 49.6 Å². The molecular weight excluding hydrogens is 252 g/mol. The average Bonchev–Trinajstić information content (AvgIpc) is 3.08. The topological polar surface area (TPSA) is 63.8 Å². The second-order valence-corrected chi connectivity index (χ2v) is 5.54. The highest BCUT2D eigenvalue weighted by Gasteiger charge is 2.40. The Hall–Kier alpha value is -1.75. The minimum Gasteiger partial charge on any atom is -0.338 e. The van der Waals surface area contributed by atoms with Crippen LogP contribution in [0.3, 0.4) is 0 Å². The van der Waals surface area contributed by atoms with E-state index in [4.69, 9.17) is 4.52 Å². The molecule has 1 N–H and O–H groups in total. The minimum absolute atomic E-state index is 0.00379. The third-order valence-electron chi connectivity index (χ3n) is 3.97. The molecule has 1 aliphatic rings. The summed E-state index contributed by atoms with van der Waals surface area (Å²) in [5.41, 5.74) is 1.74. The molecule has 0 aliphatic carbocycles. The van der Waals surface area contributed by atoms with Gasteiger partial charge in [0, 0.05) is 12.2 Å². The Labute approximate surface area is 118 Å². The zero-order valence-corrected chi connectivity index (χ0v) is 12.0. The summed E-state index contributed by atoms with van der Waals surface area (Å²) in [4.78, 5) is 9.07. The number of rotatable bonds is 4. The first-order chi connectivity index (χ1) is 9.73. The van der Waals surface area contributed by atoms with Crippen molar-refractivity contribution >= 4 is 0 Å². The highest BCUT2D eigenvalue weighted by atomic mass is 16.5. The smallest absolute Gasteiger partial charge is 0.234 e. The first kappa shape index (κ1) is 13.2. The van der Waals surface area contributed by atoms with Crippen LogP contribution < -0.4 is 5.32 Å². The third-order valence-corrected chi connectivity index (χ3v) is 3.97. The fourth-order valence-corrected chi connectivity index (χ4v) is 2.94. The maximum atomic E-state index is 5.56. The molecule has 106 valence electrons. The molecule has 0 radical (unpaired) electrons. The Kier molecular flexibility index (Phi) is 3.53. The standard InChI is InChI=1S/C15H20N4O/c1-3-7-15(8-9-16-10-15)14-18-13(19-20-14)12-6-4-5-11(2)17-12/h4-6,16H,3,7-10H2,1-2H3. The molecule has 0 aromatic carbocycles. The van der Waals surface area contributed by atoms with Crippen LogP contribution in [0.15, 0.2) is 22.7 Å². The zero-order valence-electron chi connectivity index (χ0n) is 12.0. The van der Waals surface area contributed by atoms with Crippen molar-refractivity contribution in [2.24, 2.45) is 0 Å². The van der Waals surface area contributed by atoms with Crippen LogP contribution in [0.1, 0.15) is 37.8 Å². The molecule has 1 atom stereocenters. The molecule has 2 aromatic heterocycles. The molecule has 3 rings (SSSR count). The highest BCUT2D eigenvalue weighted by Crippen LogP contribution is 2.35. The van der Waals surface area contributed by atoms with Crippen molar-refractivity contribution < 1.29 is 4.52 Å². The Bertz CT molecular complexity index is 587. The van der Waals surface area contributed by atoms with Crippen LogP contribution in [0.25, 0.3) is 11.5 Å².